The number of benzene rings is 1. The molecule has 0 spiro atoms. The van der Waals surface area contributed by atoms with Crippen molar-refractivity contribution in [1.82, 2.24) is 19.9 Å². The number of imidazole rings is 2. The first-order valence-electron chi connectivity index (χ1n) is 5.61. The number of rotatable bonds is 2. The molecule has 2 heterocycles. The average molecular weight is 214 g/mol. The number of hydrogen-bond donors (Lipinski definition) is 2. The van der Waals surface area contributed by atoms with Crippen molar-refractivity contribution < 1.29 is 0 Å². The van der Waals surface area contributed by atoms with Crippen LogP contribution in [-0.4, -0.2) is 19.9 Å². The first-order valence-corrected chi connectivity index (χ1v) is 5.61. The fourth-order valence-electron chi connectivity index (χ4n) is 2.05. The Morgan fingerprint density at radius 2 is 1.81 bits per heavy atom. The molecule has 0 aliphatic carbocycles. The van der Waals surface area contributed by atoms with Gasteiger partial charge in [-0.1, -0.05) is 6.92 Å². The highest BCUT2D eigenvalue weighted by molar-refractivity contribution is 5.91. The van der Waals surface area contributed by atoms with Crippen molar-refractivity contribution in [3.05, 3.63) is 23.8 Å². The van der Waals surface area contributed by atoms with Gasteiger partial charge in [-0.3, -0.25) is 0 Å². The topological polar surface area (TPSA) is 57.4 Å². The van der Waals surface area contributed by atoms with E-state index in [0.717, 1.165) is 46.6 Å². The summed E-state index contributed by atoms with van der Waals surface area (Å²) in [6, 6.07) is 4.11. The molecule has 3 aromatic rings. The van der Waals surface area contributed by atoms with Crippen LogP contribution < -0.4 is 0 Å². The predicted molar refractivity (Wildman–Crippen MR) is 64.5 cm³/mol. The van der Waals surface area contributed by atoms with E-state index >= 15 is 0 Å². The van der Waals surface area contributed by atoms with Crippen LogP contribution in [0.25, 0.3) is 22.1 Å². The Labute approximate surface area is 93.1 Å². The molecule has 4 heteroatoms. The minimum absolute atomic E-state index is 0.941. The van der Waals surface area contributed by atoms with Crippen LogP contribution in [0.15, 0.2) is 12.1 Å². The van der Waals surface area contributed by atoms with Gasteiger partial charge in [0.1, 0.15) is 11.6 Å². The summed E-state index contributed by atoms with van der Waals surface area (Å²) in [4.78, 5) is 15.5. The summed E-state index contributed by atoms with van der Waals surface area (Å²) >= 11 is 0. The summed E-state index contributed by atoms with van der Waals surface area (Å²) in [6.45, 7) is 4.12. The molecule has 1 aromatic carbocycles. The fraction of sp³-hybridized carbons (Fsp3) is 0.333. The summed E-state index contributed by atoms with van der Waals surface area (Å²) < 4.78 is 0. The average Bonchev–Trinajstić information content (AvgIpc) is 2.75. The lowest BCUT2D eigenvalue weighted by atomic mass is 10.3. The fourth-order valence-corrected chi connectivity index (χ4v) is 2.05. The lowest BCUT2D eigenvalue weighted by Crippen LogP contribution is -1.83. The van der Waals surface area contributed by atoms with Crippen molar-refractivity contribution in [2.45, 2.75) is 26.7 Å². The first kappa shape index (κ1) is 9.39. The maximum absolute atomic E-state index is 4.55. The number of aromatic amines is 2. The van der Waals surface area contributed by atoms with Gasteiger partial charge in [0, 0.05) is 6.42 Å². The quantitative estimate of drug-likeness (QED) is 0.689. The van der Waals surface area contributed by atoms with Gasteiger partial charge in [-0.2, -0.15) is 0 Å². The van der Waals surface area contributed by atoms with E-state index in [1.165, 1.54) is 0 Å². The maximum atomic E-state index is 4.55. The molecule has 2 N–H and O–H groups in total. The Balaban J connectivity index is 2.23. The van der Waals surface area contributed by atoms with Gasteiger partial charge in [0.15, 0.2) is 0 Å². The van der Waals surface area contributed by atoms with Crippen molar-refractivity contribution in [2.24, 2.45) is 0 Å². The van der Waals surface area contributed by atoms with Gasteiger partial charge in [0.2, 0.25) is 0 Å². The van der Waals surface area contributed by atoms with Crippen LogP contribution in [0.4, 0.5) is 0 Å². The Kier molecular flexibility index (Phi) is 1.96. The van der Waals surface area contributed by atoms with E-state index < -0.39 is 0 Å². The molecule has 0 saturated carbocycles. The zero-order valence-corrected chi connectivity index (χ0v) is 9.46. The minimum atomic E-state index is 0.941. The molecule has 2 aromatic heterocycles. The van der Waals surface area contributed by atoms with Gasteiger partial charge in [-0.15, -0.1) is 0 Å². The molecule has 0 unspecified atom stereocenters. The highest BCUT2D eigenvalue weighted by atomic mass is 14.9. The monoisotopic (exact) mass is 214 g/mol. The van der Waals surface area contributed by atoms with Gasteiger partial charge in [0.05, 0.1) is 22.1 Å². The standard InChI is InChI=1S/C12H14N4/c1-3-4-12-15-10-5-8-9(6-11(10)16-12)14-7(2)13-8/h5-6H,3-4H2,1-2H3,(H,13,14)(H,15,16). The van der Waals surface area contributed by atoms with Crippen molar-refractivity contribution >= 4 is 22.1 Å². The van der Waals surface area contributed by atoms with Crippen molar-refractivity contribution in [2.75, 3.05) is 0 Å². The smallest absolute Gasteiger partial charge is 0.107 e. The molecule has 4 nitrogen and oxygen atoms in total. The summed E-state index contributed by atoms with van der Waals surface area (Å²) in [5, 5.41) is 0. The van der Waals surface area contributed by atoms with Crippen LogP contribution in [0, 0.1) is 6.92 Å². The molecule has 0 saturated heterocycles. The summed E-state index contributed by atoms with van der Waals surface area (Å²) in [7, 11) is 0. The zero-order valence-electron chi connectivity index (χ0n) is 9.46. The third-order valence-corrected chi connectivity index (χ3v) is 2.74. The summed E-state index contributed by atoms with van der Waals surface area (Å²) in [5.74, 6) is 2.00. The van der Waals surface area contributed by atoms with Crippen molar-refractivity contribution in [3.8, 4) is 0 Å². The van der Waals surface area contributed by atoms with Gasteiger partial charge < -0.3 is 9.97 Å². The number of hydrogen-bond acceptors (Lipinski definition) is 2. The Morgan fingerprint density at radius 3 is 2.62 bits per heavy atom. The van der Waals surface area contributed by atoms with Crippen LogP contribution in [-0.2, 0) is 6.42 Å². The van der Waals surface area contributed by atoms with E-state index in [0.29, 0.717) is 0 Å². The molecule has 0 bridgehead atoms. The minimum Gasteiger partial charge on any atom is -0.342 e. The molecular formula is C12H14N4. The molecule has 0 aliphatic rings. The SMILES string of the molecule is CCCc1nc2cc3nc(C)[nH]c3cc2[nH]1. The Morgan fingerprint density at radius 1 is 1.06 bits per heavy atom. The van der Waals surface area contributed by atoms with Gasteiger partial charge >= 0.3 is 0 Å². The lowest BCUT2D eigenvalue weighted by molar-refractivity contribution is 0.861. The molecule has 0 fully saturated rings. The van der Waals surface area contributed by atoms with E-state index in [4.69, 9.17) is 0 Å². The predicted octanol–water partition coefficient (Wildman–Crippen LogP) is 2.70. The number of nitrogens with one attached hydrogen (secondary N) is 2. The number of aryl methyl sites for hydroxylation is 2. The third-order valence-electron chi connectivity index (χ3n) is 2.74. The van der Waals surface area contributed by atoms with E-state index in [1.807, 2.05) is 13.0 Å². The molecular weight excluding hydrogens is 200 g/mol. The number of H-pyrrole nitrogens is 2. The van der Waals surface area contributed by atoms with Crippen LogP contribution in [0.5, 0.6) is 0 Å². The molecule has 16 heavy (non-hydrogen) atoms. The largest absolute Gasteiger partial charge is 0.342 e. The molecule has 0 aliphatic heterocycles. The zero-order chi connectivity index (χ0) is 11.1. The number of nitrogens with zero attached hydrogens (tertiary/aromatic N) is 2. The van der Waals surface area contributed by atoms with Gasteiger partial charge in [0.25, 0.3) is 0 Å². The van der Waals surface area contributed by atoms with Crippen LogP contribution >= 0.6 is 0 Å². The van der Waals surface area contributed by atoms with Crippen LogP contribution in [0.2, 0.25) is 0 Å². The normalized spacial score (nSPS) is 11.6. The van der Waals surface area contributed by atoms with E-state index in [1.54, 1.807) is 0 Å². The number of fused-ring (bicyclic) bond motifs is 2. The Hall–Kier alpha value is -1.84. The lowest BCUT2D eigenvalue weighted by Gasteiger charge is -1.88. The number of aromatic nitrogens is 4. The van der Waals surface area contributed by atoms with Crippen LogP contribution in [0.3, 0.4) is 0 Å². The molecule has 0 atom stereocenters. The second-order valence-electron chi connectivity index (χ2n) is 4.14. The van der Waals surface area contributed by atoms with Gasteiger partial charge in [-0.05, 0) is 25.5 Å². The second-order valence-corrected chi connectivity index (χ2v) is 4.14. The molecule has 3 rings (SSSR count). The third kappa shape index (κ3) is 1.38. The summed E-state index contributed by atoms with van der Waals surface area (Å²) in [6.07, 6.45) is 2.10. The molecule has 0 amide bonds. The first-order chi connectivity index (χ1) is 7.76. The second kappa shape index (κ2) is 3.33. The van der Waals surface area contributed by atoms with Crippen molar-refractivity contribution in [3.63, 3.8) is 0 Å². The van der Waals surface area contributed by atoms with E-state index in [2.05, 4.69) is 32.9 Å². The van der Waals surface area contributed by atoms with Gasteiger partial charge in [-0.25, -0.2) is 9.97 Å². The highest BCUT2D eigenvalue weighted by Crippen LogP contribution is 2.19. The van der Waals surface area contributed by atoms with Crippen molar-refractivity contribution in [1.29, 1.82) is 0 Å². The maximum Gasteiger partial charge on any atom is 0.107 e. The molecule has 0 radical (unpaired) electrons. The molecule has 82 valence electrons. The van der Waals surface area contributed by atoms with Crippen LogP contribution in [0.1, 0.15) is 25.0 Å². The highest BCUT2D eigenvalue weighted by Gasteiger charge is 2.06. The summed E-state index contributed by atoms with van der Waals surface area (Å²) in [5.41, 5.74) is 4.14. The Bertz CT molecular complexity index is 596. The van der Waals surface area contributed by atoms with E-state index in [9.17, 15) is 0 Å². The van der Waals surface area contributed by atoms with E-state index in [-0.39, 0.29) is 0 Å².